The minimum Gasteiger partial charge on any atom is -0.369 e. The van der Waals surface area contributed by atoms with Gasteiger partial charge in [0.15, 0.2) is 0 Å². The third-order valence-corrected chi connectivity index (χ3v) is 3.61. The molecule has 18 heavy (non-hydrogen) atoms. The SMILES string of the molecule is CC1(C(N)=O)CCN(Cc2cccc(C#N)c2)C1. The summed E-state index contributed by atoms with van der Waals surface area (Å²) in [6.07, 6.45) is 0.806. The summed E-state index contributed by atoms with van der Waals surface area (Å²) in [4.78, 5) is 13.6. The van der Waals surface area contributed by atoms with Crippen molar-refractivity contribution in [2.45, 2.75) is 19.9 Å². The van der Waals surface area contributed by atoms with Gasteiger partial charge in [0.2, 0.25) is 5.91 Å². The highest BCUT2D eigenvalue weighted by Gasteiger charge is 2.38. The number of benzene rings is 1. The molecule has 0 radical (unpaired) electrons. The zero-order valence-corrected chi connectivity index (χ0v) is 10.5. The molecule has 0 spiro atoms. The van der Waals surface area contributed by atoms with Crippen LogP contribution in [0.2, 0.25) is 0 Å². The van der Waals surface area contributed by atoms with Crippen LogP contribution < -0.4 is 5.73 Å². The van der Waals surface area contributed by atoms with Crippen molar-refractivity contribution in [3.05, 3.63) is 35.4 Å². The summed E-state index contributed by atoms with van der Waals surface area (Å²) < 4.78 is 0. The van der Waals surface area contributed by atoms with Gasteiger partial charge in [-0.3, -0.25) is 9.69 Å². The quantitative estimate of drug-likeness (QED) is 0.868. The van der Waals surface area contributed by atoms with Gasteiger partial charge in [-0.25, -0.2) is 0 Å². The summed E-state index contributed by atoms with van der Waals surface area (Å²) in [5, 5.41) is 8.85. The molecule has 1 saturated heterocycles. The van der Waals surface area contributed by atoms with Gasteiger partial charge in [0.25, 0.3) is 0 Å². The third kappa shape index (κ3) is 2.52. The molecule has 4 nitrogen and oxygen atoms in total. The van der Waals surface area contributed by atoms with Gasteiger partial charge >= 0.3 is 0 Å². The second kappa shape index (κ2) is 4.79. The van der Waals surface area contributed by atoms with E-state index in [1.54, 1.807) is 6.07 Å². The van der Waals surface area contributed by atoms with Crippen molar-refractivity contribution in [3.8, 4) is 6.07 Å². The molecule has 1 unspecified atom stereocenters. The van der Waals surface area contributed by atoms with Crippen molar-refractivity contribution >= 4 is 5.91 Å². The summed E-state index contributed by atoms with van der Waals surface area (Å²) in [5.74, 6) is -0.226. The molecular formula is C14H17N3O. The maximum atomic E-state index is 11.4. The van der Waals surface area contributed by atoms with Gasteiger partial charge in [0.1, 0.15) is 0 Å². The number of rotatable bonds is 3. The first-order valence-electron chi connectivity index (χ1n) is 6.05. The largest absolute Gasteiger partial charge is 0.369 e. The van der Waals surface area contributed by atoms with Crippen molar-refractivity contribution in [2.24, 2.45) is 11.1 Å². The van der Waals surface area contributed by atoms with E-state index in [0.717, 1.165) is 25.1 Å². The molecule has 1 atom stereocenters. The zero-order valence-electron chi connectivity index (χ0n) is 10.5. The van der Waals surface area contributed by atoms with Crippen molar-refractivity contribution in [2.75, 3.05) is 13.1 Å². The average molecular weight is 243 g/mol. The number of amides is 1. The third-order valence-electron chi connectivity index (χ3n) is 3.61. The molecule has 94 valence electrons. The second-order valence-corrected chi connectivity index (χ2v) is 5.20. The van der Waals surface area contributed by atoms with E-state index in [2.05, 4.69) is 11.0 Å². The topological polar surface area (TPSA) is 70.1 Å². The van der Waals surface area contributed by atoms with Gasteiger partial charge in [-0.15, -0.1) is 0 Å². The number of carbonyl (C=O) groups excluding carboxylic acids is 1. The average Bonchev–Trinajstić information content (AvgIpc) is 2.72. The number of carbonyl (C=O) groups is 1. The molecule has 1 aliphatic rings. The molecule has 1 aromatic carbocycles. The first-order valence-corrected chi connectivity index (χ1v) is 6.05. The summed E-state index contributed by atoms with van der Waals surface area (Å²) in [7, 11) is 0. The van der Waals surface area contributed by atoms with Crippen LogP contribution in [-0.4, -0.2) is 23.9 Å². The van der Waals surface area contributed by atoms with Gasteiger partial charge in [0, 0.05) is 13.1 Å². The van der Waals surface area contributed by atoms with Crippen LogP contribution in [0.1, 0.15) is 24.5 Å². The Hall–Kier alpha value is -1.86. The Balaban J connectivity index is 2.04. The first-order chi connectivity index (χ1) is 8.53. The number of nitrogens with zero attached hydrogens (tertiary/aromatic N) is 2. The maximum Gasteiger partial charge on any atom is 0.224 e. The minimum absolute atomic E-state index is 0.226. The molecule has 1 fully saturated rings. The molecule has 1 aliphatic heterocycles. The lowest BCUT2D eigenvalue weighted by atomic mass is 9.89. The maximum absolute atomic E-state index is 11.4. The van der Waals surface area contributed by atoms with Crippen molar-refractivity contribution in [1.82, 2.24) is 4.90 Å². The smallest absolute Gasteiger partial charge is 0.224 e. The predicted molar refractivity (Wildman–Crippen MR) is 68.4 cm³/mol. The molecule has 0 saturated carbocycles. The molecule has 1 amide bonds. The molecule has 0 aromatic heterocycles. The Bertz CT molecular complexity index is 506. The molecule has 2 rings (SSSR count). The van der Waals surface area contributed by atoms with E-state index in [0.29, 0.717) is 12.1 Å². The van der Waals surface area contributed by atoms with E-state index in [1.807, 2.05) is 25.1 Å². The van der Waals surface area contributed by atoms with E-state index in [1.165, 1.54) is 0 Å². The molecule has 0 bridgehead atoms. The molecule has 2 N–H and O–H groups in total. The van der Waals surface area contributed by atoms with Crippen molar-refractivity contribution in [3.63, 3.8) is 0 Å². The number of primary amides is 1. The fourth-order valence-electron chi connectivity index (χ4n) is 2.39. The Labute approximate surface area is 107 Å². The summed E-state index contributed by atoms with van der Waals surface area (Å²) in [5.41, 5.74) is 6.79. The number of nitriles is 1. The van der Waals surface area contributed by atoms with Crippen molar-refractivity contribution in [1.29, 1.82) is 5.26 Å². The fraction of sp³-hybridized carbons (Fsp3) is 0.429. The van der Waals surface area contributed by atoms with E-state index in [9.17, 15) is 4.79 Å². The van der Waals surface area contributed by atoms with Crippen LogP contribution in [0.3, 0.4) is 0 Å². The molecular weight excluding hydrogens is 226 g/mol. The lowest BCUT2D eigenvalue weighted by molar-refractivity contribution is -0.126. The summed E-state index contributed by atoms with van der Waals surface area (Å²) in [6.45, 7) is 4.24. The zero-order chi connectivity index (χ0) is 13.2. The van der Waals surface area contributed by atoms with Gasteiger partial charge in [-0.1, -0.05) is 12.1 Å². The predicted octanol–water partition coefficient (Wildman–Crippen LogP) is 1.26. The lowest BCUT2D eigenvalue weighted by Crippen LogP contribution is -2.36. The Morgan fingerprint density at radius 2 is 2.39 bits per heavy atom. The Kier molecular flexibility index (Phi) is 3.35. The van der Waals surface area contributed by atoms with Gasteiger partial charge in [-0.2, -0.15) is 5.26 Å². The minimum atomic E-state index is -0.410. The van der Waals surface area contributed by atoms with Crippen LogP contribution in [0.15, 0.2) is 24.3 Å². The standard InChI is InChI=1S/C14H17N3O/c1-14(13(16)18)5-6-17(10-14)9-12-4-2-3-11(7-12)8-15/h2-4,7H,5-6,9-10H2,1H3,(H2,16,18). The second-order valence-electron chi connectivity index (χ2n) is 5.20. The first kappa shape index (κ1) is 12.6. The molecule has 4 heteroatoms. The number of nitrogens with two attached hydrogens (primary N) is 1. The van der Waals surface area contributed by atoms with E-state index in [-0.39, 0.29) is 5.91 Å². The van der Waals surface area contributed by atoms with Gasteiger partial charge in [-0.05, 0) is 37.6 Å². The monoisotopic (exact) mass is 243 g/mol. The van der Waals surface area contributed by atoms with E-state index >= 15 is 0 Å². The summed E-state index contributed by atoms with van der Waals surface area (Å²) >= 11 is 0. The highest BCUT2D eigenvalue weighted by molar-refractivity contribution is 5.81. The van der Waals surface area contributed by atoms with Gasteiger partial charge in [0.05, 0.1) is 17.0 Å². The van der Waals surface area contributed by atoms with E-state index < -0.39 is 5.41 Å². The number of likely N-dealkylation sites (tertiary alicyclic amines) is 1. The van der Waals surface area contributed by atoms with Gasteiger partial charge < -0.3 is 5.73 Å². The van der Waals surface area contributed by atoms with E-state index in [4.69, 9.17) is 11.0 Å². The van der Waals surface area contributed by atoms with Crippen LogP contribution >= 0.6 is 0 Å². The number of hydrogen-bond donors (Lipinski definition) is 1. The Morgan fingerprint density at radius 3 is 3.00 bits per heavy atom. The van der Waals surface area contributed by atoms with Crippen molar-refractivity contribution < 1.29 is 4.79 Å². The fourth-order valence-corrected chi connectivity index (χ4v) is 2.39. The molecule has 0 aliphatic carbocycles. The Morgan fingerprint density at radius 1 is 1.61 bits per heavy atom. The van der Waals surface area contributed by atoms with Crippen LogP contribution in [0.25, 0.3) is 0 Å². The summed E-state index contributed by atoms with van der Waals surface area (Å²) in [6, 6.07) is 9.70. The lowest BCUT2D eigenvalue weighted by Gasteiger charge is -2.21. The molecule has 1 aromatic rings. The normalized spacial score (nSPS) is 23.8. The van der Waals surface area contributed by atoms with Crippen LogP contribution in [0, 0.1) is 16.7 Å². The number of hydrogen-bond acceptors (Lipinski definition) is 3. The molecule has 1 heterocycles. The van der Waals surface area contributed by atoms with Crippen LogP contribution in [-0.2, 0) is 11.3 Å². The highest BCUT2D eigenvalue weighted by atomic mass is 16.1. The highest BCUT2D eigenvalue weighted by Crippen LogP contribution is 2.30. The van der Waals surface area contributed by atoms with Crippen LogP contribution in [0.4, 0.5) is 0 Å². The van der Waals surface area contributed by atoms with Crippen LogP contribution in [0.5, 0.6) is 0 Å².